The summed E-state index contributed by atoms with van der Waals surface area (Å²) in [5.41, 5.74) is 0.559. The van der Waals surface area contributed by atoms with Crippen molar-refractivity contribution in [1.82, 2.24) is 0 Å². The number of ether oxygens (including phenoxy) is 1. The van der Waals surface area contributed by atoms with Crippen LogP contribution < -0.4 is 10.1 Å². The highest BCUT2D eigenvalue weighted by Crippen LogP contribution is 2.22. The molecule has 2 aromatic rings. The maximum atomic E-state index is 12.9. The molecule has 0 amide bonds. The highest BCUT2D eigenvalue weighted by atomic mass is 35.5. The molecule has 0 heterocycles. The summed E-state index contributed by atoms with van der Waals surface area (Å²) in [6, 6.07) is 10.9. The second-order valence-corrected chi connectivity index (χ2v) is 5.27. The van der Waals surface area contributed by atoms with Gasteiger partial charge in [0.25, 0.3) is 0 Å². The monoisotopic (exact) mass is 329 g/mol. The maximum absolute atomic E-state index is 12.9. The second kappa shape index (κ2) is 7.50. The van der Waals surface area contributed by atoms with E-state index < -0.39 is 11.9 Å². The SMILES string of the molecule is OC(CNc1ccc(F)cc1Cl)COc1ccc(Cl)cc1. The Kier molecular flexibility index (Phi) is 5.67. The van der Waals surface area contributed by atoms with Gasteiger partial charge in [-0.1, -0.05) is 23.2 Å². The number of hydrogen-bond donors (Lipinski definition) is 2. The van der Waals surface area contributed by atoms with Crippen molar-refractivity contribution < 1.29 is 14.2 Å². The molecule has 0 aliphatic carbocycles. The normalized spacial score (nSPS) is 12.0. The van der Waals surface area contributed by atoms with E-state index in [9.17, 15) is 9.50 Å². The molecule has 0 fully saturated rings. The first-order valence-electron chi connectivity index (χ1n) is 6.30. The first-order valence-corrected chi connectivity index (χ1v) is 7.05. The highest BCUT2D eigenvalue weighted by molar-refractivity contribution is 6.33. The Hall–Kier alpha value is -1.49. The Labute approximate surface area is 132 Å². The highest BCUT2D eigenvalue weighted by Gasteiger charge is 2.07. The molecule has 3 nitrogen and oxygen atoms in total. The van der Waals surface area contributed by atoms with Crippen molar-refractivity contribution in [2.45, 2.75) is 6.10 Å². The van der Waals surface area contributed by atoms with E-state index >= 15 is 0 Å². The topological polar surface area (TPSA) is 41.5 Å². The summed E-state index contributed by atoms with van der Waals surface area (Å²) < 4.78 is 18.3. The number of nitrogens with one attached hydrogen (secondary N) is 1. The molecule has 1 unspecified atom stereocenters. The summed E-state index contributed by atoms with van der Waals surface area (Å²) in [5, 5.41) is 13.7. The van der Waals surface area contributed by atoms with Crippen LogP contribution in [0.5, 0.6) is 5.75 Å². The lowest BCUT2D eigenvalue weighted by molar-refractivity contribution is 0.117. The van der Waals surface area contributed by atoms with E-state index in [0.29, 0.717) is 16.5 Å². The van der Waals surface area contributed by atoms with E-state index in [2.05, 4.69) is 5.32 Å². The van der Waals surface area contributed by atoms with Crippen molar-refractivity contribution >= 4 is 28.9 Å². The number of anilines is 1. The standard InChI is InChI=1S/C15H14Cl2FNO2/c16-10-1-4-13(5-2-10)21-9-12(20)8-19-15-6-3-11(18)7-14(15)17/h1-7,12,19-20H,8-9H2. The maximum Gasteiger partial charge on any atom is 0.124 e. The molecule has 0 aliphatic rings. The van der Waals surface area contributed by atoms with E-state index in [0.717, 1.165) is 0 Å². The van der Waals surface area contributed by atoms with Gasteiger partial charge in [-0.15, -0.1) is 0 Å². The average molecular weight is 330 g/mol. The fourth-order valence-electron chi connectivity index (χ4n) is 1.64. The van der Waals surface area contributed by atoms with Crippen LogP contribution in [-0.2, 0) is 0 Å². The third-order valence-corrected chi connectivity index (χ3v) is 3.28. The van der Waals surface area contributed by atoms with Crippen LogP contribution in [0.2, 0.25) is 10.0 Å². The van der Waals surface area contributed by atoms with Crippen LogP contribution in [0.3, 0.4) is 0 Å². The van der Waals surface area contributed by atoms with Crippen molar-refractivity contribution in [3.63, 3.8) is 0 Å². The molecule has 112 valence electrons. The van der Waals surface area contributed by atoms with Gasteiger partial charge in [-0.2, -0.15) is 0 Å². The Morgan fingerprint density at radius 2 is 1.86 bits per heavy atom. The lowest BCUT2D eigenvalue weighted by Gasteiger charge is -2.14. The summed E-state index contributed by atoms with van der Waals surface area (Å²) in [5.74, 6) is 0.218. The van der Waals surface area contributed by atoms with E-state index in [4.69, 9.17) is 27.9 Å². The zero-order valence-electron chi connectivity index (χ0n) is 11.0. The van der Waals surface area contributed by atoms with Gasteiger partial charge >= 0.3 is 0 Å². The summed E-state index contributed by atoms with van der Waals surface area (Å²) in [6.07, 6.45) is -0.734. The van der Waals surface area contributed by atoms with Crippen molar-refractivity contribution in [2.75, 3.05) is 18.5 Å². The lowest BCUT2D eigenvalue weighted by atomic mass is 10.3. The van der Waals surface area contributed by atoms with Gasteiger partial charge in [-0.25, -0.2) is 4.39 Å². The first kappa shape index (κ1) is 15.9. The van der Waals surface area contributed by atoms with Crippen molar-refractivity contribution in [3.8, 4) is 5.75 Å². The summed E-state index contributed by atoms with van der Waals surface area (Å²) in [6.45, 7) is 0.354. The van der Waals surface area contributed by atoms with Gasteiger partial charge in [0, 0.05) is 11.6 Å². The Bertz CT molecular complexity index is 593. The lowest BCUT2D eigenvalue weighted by Crippen LogP contribution is -2.26. The van der Waals surface area contributed by atoms with E-state index in [1.165, 1.54) is 18.2 Å². The average Bonchev–Trinajstić information content (AvgIpc) is 2.46. The van der Waals surface area contributed by atoms with Gasteiger partial charge in [-0.05, 0) is 42.5 Å². The smallest absolute Gasteiger partial charge is 0.124 e. The zero-order valence-corrected chi connectivity index (χ0v) is 12.5. The van der Waals surface area contributed by atoms with Crippen molar-refractivity contribution in [2.24, 2.45) is 0 Å². The minimum Gasteiger partial charge on any atom is -0.491 e. The molecule has 1 atom stereocenters. The van der Waals surface area contributed by atoms with Crippen LogP contribution in [0.15, 0.2) is 42.5 Å². The minimum atomic E-state index is -0.734. The Balaban J connectivity index is 1.79. The molecule has 2 aromatic carbocycles. The van der Waals surface area contributed by atoms with Gasteiger partial charge in [0.1, 0.15) is 24.3 Å². The summed E-state index contributed by atoms with van der Waals surface area (Å²) in [4.78, 5) is 0. The molecule has 0 bridgehead atoms. The van der Waals surface area contributed by atoms with E-state index in [1.54, 1.807) is 24.3 Å². The van der Waals surface area contributed by atoms with Gasteiger partial charge in [0.05, 0.1) is 10.7 Å². The van der Waals surface area contributed by atoms with Crippen LogP contribution in [0.4, 0.5) is 10.1 Å². The Morgan fingerprint density at radius 1 is 1.14 bits per heavy atom. The largest absolute Gasteiger partial charge is 0.491 e. The molecule has 0 saturated carbocycles. The fourth-order valence-corrected chi connectivity index (χ4v) is 2.00. The Morgan fingerprint density at radius 3 is 2.52 bits per heavy atom. The molecule has 2 rings (SSSR count). The minimum absolute atomic E-state index is 0.118. The number of halogens is 3. The van der Waals surface area contributed by atoms with Gasteiger partial charge in [-0.3, -0.25) is 0 Å². The molecule has 0 radical (unpaired) electrons. The summed E-state index contributed by atoms with van der Waals surface area (Å²) >= 11 is 11.6. The molecular weight excluding hydrogens is 316 g/mol. The molecule has 0 aliphatic heterocycles. The molecule has 0 saturated heterocycles. The van der Waals surface area contributed by atoms with Gasteiger partial charge < -0.3 is 15.2 Å². The van der Waals surface area contributed by atoms with Crippen LogP contribution in [0.1, 0.15) is 0 Å². The number of aliphatic hydroxyl groups excluding tert-OH is 1. The molecule has 0 spiro atoms. The quantitative estimate of drug-likeness (QED) is 0.842. The third-order valence-electron chi connectivity index (χ3n) is 2.72. The molecule has 0 aromatic heterocycles. The second-order valence-electron chi connectivity index (χ2n) is 4.42. The zero-order chi connectivity index (χ0) is 15.2. The van der Waals surface area contributed by atoms with E-state index in [1.807, 2.05) is 0 Å². The predicted octanol–water partition coefficient (Wildman–Crippen LogP) is 3.98. The number of aliphatic hydroxyl groups is 1. The summed E-state index contributed by atoms with van der Waals surface area (Å²) in [7, 11) is 0. The number of hydrogen-bond acceptors (Lipinski definition) is 3. The van der Waals surface area contributed by atoms with Crippen LogP contribution >= 0.6 is 23.2 Å². The third kappa shape index (κ3) is 5.08. The molecule has 6 heteroatoms. The fraction of sp³-hybridized carbons (Fsp3) is 0.200. The number of benzene rings is 2. The van der Waals surface area contributed by atoms with Crippen molar-refractivity contribution in [3.05, 3.63) is 58.3 Å². The van der Waals surface area contributed by atoms with Gasteiger partial charge in [0.2, 0.25) is 0 Å². The molecule has 2 N–H and O–H groups in total. The van der Waals surface area contributed by atoms with Gasteiger partial charge in [0.15, 0.2) is 0 Å². The van der Waals surface area contributed by atoms with Crippen LogP contribution in [-0.4, -0.2) is 24.4 Å². The van der Waals surface area contributed by atoms with Crippen LogP contribution in [0.25, 0.3) is 0 Å². The van der Waals surface area contributed by atoms with Crippen molar-refractivity contribution in [1.29, 1.82) is 0 Å². The van der Waals surface area contributed by atoms with E-state index in [-0.39, 0.29) is 18.2 Å². The van der Waals surface area contributed by atoms with Crippen LogP contribution in [0, 0.1) is 5.82 Å². The molecule has 21 heavy (non-hydrogen) atoms. The molecular formula is C15H14Cl2FNO2. The first-order chi connectivity index (χ1) is 10.0. The predicted molar refractivity (Wildman–Crippen MR) is 82.9 cm³/mol. The number of rotatable bonds is 6.